The minimum Gasteiger partial charge on any atom is -0.330 e. The van der Waals surface area contributed by atoms with Gasteiger partial charge in [-0.15, -0.1) is 0 Å². The molecule has 2 aliphatic carbocycles. The molecule has 1 aromatic rings. The monoisotopic (exact) mass is 205 g/mol. The Hall–Kier alpha value is -0.830. The molecule has 0 radical (unpaired) electrons. The molecule has 2 atom stereocenters. The molecule has 2 aliphatic rings. The average Bonchev–Trinajstić information content (AvgIpc) is 3.16. The first kappa shape index (κ1) is 9.40. The van der Waals surface area contributed by atoms with Gasteiger partial charge in [-0.3, -0.25) is 0 Å². The lowest BCUT2D eigenvalue weighted by Gasteiger charge is -2.08. The van der Waals surface area contributed by atoms with E-state index >= 15 is 0 Å². The van der Waals surface area contributed by atoms with Crippen LogP contribution in [-0.4, -0.2) is 15.6 Å². The van der Waals surface area contributed by atoms with Crippen LogP contribution in [0, 0.1) is 5.92 Å². The second-order valence-corrected chi connectivity index (χ2v) is 4.92. The summed E-state index contributed by atoms with van der Waals surface area (Å²) in [4.78, 5) is 4.27. The van der Waals surface area contributed by atoms with Crippen molar-refractivity contribution < 1.29 is 0 Å². The van der Waals surface area contributed by atoms with Crippen LogP contribution in [0.4, 0.5) is 0 Å². The Morgan fingerprint density at radius 1 is 1.53 bits per heavy atom. The predicted molar refractivity (Wildman–Crippen MR) is 59.5 cm³/mol. The molecule has 0 amide bonds. The van der Waals surface area contributed by atoms with Crippen molar-refractivity contribution in [2.24, 2.45) is 5.92 Å². The Balaban J connectivity index is 1.63. The third-order valence-corrected chi connectivity index (χ3v) is 3.66. The van der Waals surface area contributed by atoms with Crippen LogP contribution < -0.4 is 5.32 Å². The van der Waals surface area contributed by atoms with E-state index in [2.05, 4.69) is 21.8 Å². The number of nitrogens with zero attached hydrogens (tertiary/aromatic N) is 2. The maximum Gasteiger partial charge on any atom is 0.0951 e. The molecule has 3 nitrogen and oxygen atoms in total. The van der Waals surface area contributed by atoms with E-state index in [9.17, 15) is 0 Å². The molecule has 3 rings (SSSR count). The van der Waals surface area contributed by atoms with Crippen molar-refractivity contribution in [2.75, 3.05) is 0 Å². The first-order chi connectivity index (χ1) is 7.38. The normalized spacial score (nSPS) is 29.4. The van der Waals surface area contributed by atoms with E-state index < -0.39 is 0 Å². The molecule has 0 saturated heterocycles. The van der Waals surface area contributed by atoms with Gasteiger partial charge < -0.3 is 9.88 Å². The quantitative estimate of drug-likeness (QED) is 0.798. The summed E-state index contributed by atoms with van der Waals surface area (Å²) in [6.45, 7) is 3.28. The van der Waals surface area contributed by atoms with Crippen LogP contribution in [0.2, 0.25) is 0 Å². The van der Waals surface area contributed by atoms with Crippen molar-refractivity contribution in [1.29, 1.82) is 0 Å². The molecule has 1 heterocycles. The Bertz CT molecular complexity index is 340. The molecule has 2 saturated carbocycles. The highest BCUT2D eigenvalue weighted by atomic mass is 15.1. The molecular weight excluding hydrogens is 186 g/mol. The molecular formula is C12H19N3. The van der Waals surface area contributed by atoms with E-state index in [0.29, 0.717) is 0 Å². The van der Waals surface area contributed by atoms with Crippen LogP contribution in [0.25, 0.3) is 0 Å². The van der Waals surface area contributed by atoms with E-state index in [4.69, 9.17) is 0 Å². The summed E-state index contributed by atoms with van der Waals surface area (Å²) < 4.78 is 2.38. The Morgan fingerprint density at radius 2 is 2.40 bits per heavy atom. The third-order valence-electron chi connectivity index (χ3n) is 3.66. The highest BCUT2D eigenvalue weighted by Gasteiger charge is 2.37. The van der Waals surface area contributed by atoms with E-state index in [1.165, 1.54) is 31.4 Å². The topological polar surface area (TPSA) is 29.9 Å². The van der Waals surface area contributed by atoms with Gasteiger partial charge in [-0.05, 0) is 25.2 Å². The van der Waals surface area contributed by atoms with Crippen LogP contribution in [-0.2, 0) is 6.54 Å². The largest absolute Gasteiger partial charge is 0.330 e. The van der Waals surface area contributed by atoms with Gasteiger partial charge >= 0.3 is 0 Å². The molecule has 2 unspecified atom stereocenters. The number of aromatic nitrogens is 2. The minimum absolute atomic E-state index is 0.744. The van der Waals surface area contributed by atoms with Gasteiger partial charge in [-0.1, -0.05) is 13.3 Å². The van der Waals surface area contributed by atoms with Crippen LogP contribution in [0.1, 0.15) is 44.3 Å². The van der Waals surface area contributed by atoms with E-state index in [0.717, 1.165) is 24.5 Å². The van der Waals surface area contributed by atoms with Crippen molar-refractivity contribution >= 4 is 0 Å². The second-order valence-electron chi connectivity index (χ2n) is 4.92. The lowest BCUT2D eigenvalue weighted by Crippen LogP contribution is -2.17. The predicted octanol–water partition coefficient (Wildman–Crippen LogP) is 2.11. The van der Waals surface area contributed by atoms with Gasteiger partial charge in [0.2, 0.25) is 0 Å². The molecule has 3 heteroatoms. The summed E-state index contributed by atoms with van der Waals surface area (Å²) >= 11 is 0. The number of hydrogen-bond acceptors (Lipinski definition) is 2. The Labute approximate surface area is 90.9 Å². The lowest BCUT2D eigenvalue weighted by molar-refractivity contribution is 0.584. The number of rotatable bonds is 5. The molecule has 2 fully saturated rings. The van der Waals surface area contributed by atoms with Crippen LogP contribution in [0.15, 0.2) is 12.5 Å². The van der Waals surface area contributed by atoms with Crippen molar-refractivity contribution in [3.8, 4) is 0 Å². The Kier molecular flexibility index (Phi) is 2.28. The molecule has 0 bridgehead atoms. The molecule has 82 valence electrons. The molecule has 0 spiro atoms. The van der Waals surface area contributed by atoms with Crippen LogP contribution in [0.3, 0.4) is 0 Å². The minimum atomic E-state index is 0.744. The zero-order chi connectivity index (χ0) is 10.3. The van der Waals surface area contributed by atoms with Gasteiger partial charge in [0.1, 0.15) is 0 Å². The van der Waals surface area contributed by atoms with Crippen LogP contribution in [0.5, 0.6) is 0 Å². The van der Waals surface area contributed by atoms with Gasteiger partial charge in [0.25, 0.3) is 0 Å². The van der Waals surface area contributed by atoms with Gasteiger partial charge in [0, 0.05) is 24.8 Å². The first-order valence-electron chi connectivity index (χ1n) is 6.12. The van der Waals surface area contributed by atoms with E-state index in [1.54, 1.807) is 0 Å². The van der Waals surface area contributed by atoms with Crippen molar-refractivity contribution in [3.63, 3.8) is 0 Å². The van der Waals surface area contributed by atoms with Crippen molar-refractivity contribution in [3.05, 3.63) is 18.2 Å². The summed E-state index contributed by atoms with van der Waals surface area (Å²) in [5, 5.41) is 3.55. The van der Waals surface area contributed by atoms with Gasteiger partial charge in [-0.25, -0.2) is 4.98 Å². The van der Waals surface area contributed by atoms with E-state index in [1.807, 2.05) is 12.5 Å². The molecule has 1 N–H and O–H groups in total. The standard InChI is InChI=1S/C12H19N3/c1-2-9-5-12(9)15-8-13-6-11(15)7-14-10-3-4-10/h6,8-10,12,14H,2-5,7H2,1H3. The summed E-state index contributed by atoms with van der Waals surface area (Å²) in [7, 11) is 0. The van der Waals surface area contributed by atoms with E-state index in [-0.39, 0.29) is 0 Å². The zero-order valence-corrected chi connectivity index (χ0v) is 9.32. The molecule has 1 aromatic heterocycles. The summed E-state index contributed by atoms with van der Waals surface area (Å²) in [5.74, 6) is 0.902. The first-order valence-corrected chi connectivity index (χ1v) is 6.12. The SMILES string of the molecule is CCC1CC1n1cncc1CNC1CC1. The lowest BCUT2D eigenvalue weighted by atomic mass is 10.3. The number of hydrogen-bond donors (Lipinski definition) is 1. The summed E-state index contributed by atoms with van der Waals surface area (Å²) in [6, 6.07) is 1.53. The second kappa shape index (κ2) is 3.63. The van der Waals surface area contributed by atoms with Gasteiger partial charge in [0.05, 0.1) is 12.0 Å². The van der Waals surface area contributed by atoms with Gasteiger partial charge in [0.15, 0.2) is 0 Å². The molecule has 0 aliphatic heterocycles. The summed E-state index contributed by atoms with van der Waals surface area (Å²) in [5.41, 5.74) is 1.36. The summed E-state index contributed by atoms with van der Waals surface area (Å²) in [6.07, 6.45) is 9.39. The molecule has 0 aromatic carbocycles. The zero-order valence-electron chi connectivity index (χ0n) is 9.32. The fourth-order valence-corrected chi connectivity index (χ4v) is 2.31. The smallest absolute Gasteiger partial charge is 0.0951 e. The number of imidazole rings is 1. The fourth-order valence-electron chi connectivity index (χ4n) is 2.31. The molecule has 15 heavy (non-hydrogen) atoms. The fraction of sp³-hybridized carbons (Fsp3) is 0.750. The highest BCUT2D eigenvalue weighted by molar-refractivity contribution is 5.06. The number of nitrogens with one attached hydrogen (secondary N) is 1. The maximum atomic E-state index is 4.27. The Morgan fingerprint density at radius 3 is 3.07 bits per heavy atom. The van der Waals surface area contributed by atoms with Crippen molar-refractivity contribution in [2.45, 2.75) is 51.2 Å². The maximum absolute atomic E-state index is 4.27. The van der Waals surface area contributed by atoms with Gasteiger partial charge in [-0.2, -0.15) is 0 Å². The third kappa shape index (κ3) is 1.93. The van der Waals surface area contributed by atoms with Crippen LogP contribution >= 0.6 is 0 Å². The average molecular weight is 205 g/mol. The highest BCUT2D eigenvalue weighted by Crippen LogP contribution is 2.45. The van der Waals surface area contributed by atoms with Crippen molar-refractivity contribution in [1.82, 2.24) is 14.9 Å².